The van der Waals surface area contributed by atoms with Gasteiger partial charge in [0.05, 0.1) is 0 Å². The van der Waals surface area contributed by atoms with Crippen molar-refractivity contribution in [3.63, 3.8) is 0 Å². The molecule has 1 aliphatic rings. The van der Waals surface area contributed by atoms with Crippen LogP contribution >= 0.6 is 0 Å². The Morgan fingerprint density at radius 2 is 1.58 bits per heavy atom. The summed E-state index contributed by atoms with van der Waals surface area (Å²) in [4.78, 5) is 24.7. The molecule has 0 saturated carbocycles. The summed E-state index contributed by atoms with van der Waals surface area (Å²) in [5.74, 6) is -0.630. The molecule has 5 nitrogen and oxygen atoms in total. The van der Waals surface area contributed by atoms with E-state index in [0.29, 0.717) is 12.2 Å². The summed E-state index contributed by atoms with van der Waals surface area (Å²) in [6.45, 7) is -0.390. The van der Waals surface area contributed by atoms with Gasteiger partial charge in [-0.25, -0.2) is 4.79 Å². The topological polar surface area (TPSA) is 75.6 Å². The molecule has 0 heterocycles. The SMILES string of the molecule is CNC(=O)C(c1ccccc1)(c1ccccc1)C1CCc2c(OCC(=O)O)cccc21. The molecular weight excluding hydrogens is 390 g/mol. The number of nitrogens with one attached hydrogen (secondary N) is 1. The second-order valence-corrected chi connectivity index (χ2v) is 7.72. The maximum absolute atomic E-state index is 13.7. The van der Waals surface area contributed by atoms with Gasteiger partial charge in [0.15, 0.2) is 6.61 Å². The van der Waals surface area contributed by atoms with E-state index in [1.807, 2.05) is 72.8 Å². The number of ether oxygens (including phenoxy) is 1. The molecule has 0 aromatic heterocycles. The lowest BCUT2D eigenvalue weighted by Crippen LogP contribution is -2.48. The summed E-state index contributed by atoms with van der Waals surface area (Å²) in [7, 11) is 1.67. The van der Waals surface area contributed by atoms with Crippen LogP contribution in [0.1, 0.15) is 34.6 Å². The average Bonchev–Trinajstić information content (AvgIpc) is 3.24. The Balaban J connectivity index is 1.93. The molecule has 0 aliphatic heterocycles. The smallest absolute Gasteiger partial charge is 0.341 e. The molecule has 1 unspecified atom stereocenters. The standard InChI is InChI=1S/C26H25NO4/c1-27-25(30)26(18-9-4-2-5-10-18,19-11-6-3-7-12-19)22-16-15-21-20(22)13-8-14-23(21)31-17-24(28)29/h2-14,22H,15-17H2,1H3,(H,27,30)(H,28,29). The highest BCUT2D eigenvalue weighted by atomic mass is 16.5. The number of carbonyl (C=O) groups is 2. The van der Waals surface area contributed by atoms with Crippen molar-refractivity contribution in [2.45, 2.75) is 24.2 Å². The van der Waals surface area contributed by atoms with Gasteiger partial charge in [0.1, 0.15) is 11.2 Å². The van der Waals surface area contributed by atoms with Gasteiger partial charge in [-0.2, -0.15) is 0 Å². The summed E-state index contributed by atoms with van der Waals surface area (Å²) < 4.78 is 5.57. The molecular formula is C26H25NO4. The van der Waals surface area contributed by atoms with E-state index in [1.54, 1.807) is 13.1 Å². The van der Waals surface area contributed by atoms with Crippen LogP contribution in [0.2, 0.25) is 0 Å². The van der Waals surface area contributed by atoms with E-state index in [9.17, 15) is 9.59 Å². The number of carboxylic acid groups (broad SMARTS) is 1. The van der Waals surface area contributed by atoms with Crippen molar-refractivity contribution in [2.75, 3.05) is 13.7 Å². The number of aliphatic carboxylic acids is 1. The minimum absolute atomic E-state index is 0.0698. The van der Waals surface area contributed by atoms with Crippen molar-refractivity contribution < 1.29 is 19.4 Å². The van der Waals surface area contributed by atoms with Crippen molar-refractivity contribution >= 4 is 11.9 Å². The first-order valence-electron chi connectivity index (χ1n) is 10.4. The first-order valence-corrected chi connectivity index (χ1v) is 10.4. The minimum atomic E-state index is -1.01. The first-order chi connectivity index (χ1) is 15.1. The van der Waals surface area contributed by atoms with Crippen LogP contribution in [-0.4, -0.2) is 30.6 Å². The van der Waals surface area contributed by atoms with E-state index >= 15 is 0 Å². The largest absolute Gasteiger partial charge is 0.482 e. The monoisotopic (exact) mass is 415 g/mol. The number of fused-ring (bicyclic) bond motifs is 1. The number of rotatable bonds is 7. The molecule has 0 saturated heterocycles. The molecule has 2 N–H and O–H groups in total. The third-order valence-corrected chi connectivity index (χ3v) is 6.15. The molecule has 1 aliphatic carbocycles. The maximum atomic E-state index is 13.7. The molecule has 0 spiro atoms. The highest BCUT2D eigenvalue weighted by Crippen LogP contribution is 2.52. The first kappa shape index (κ1) is 20.7. The fourth-order valence-electron chi connectivity index (χ4n) is 4.93. The summed E-state index contributed by atoms with van der Waals surface area (Å²) in [5.41, 5.74) is 2.94. The van der Waals surface area contributed by atoms with Crippen molar-refractivity contribution in [2.24, 2.45) is 0 Å². The van der Waals surface area contributed by atoms with Gasteiger partial charge >= 0.3 is 5.97 Å². The number of carboxylic acids is 1. The van der Waals surface area contributed by atoms with Crippen molar-refractivity contribution in [3.8, 4) is 5.75 Å². The van der Waals surface area contributed by atoms with Gasteiger partial charge in [-0.3, -0.25) is 4.79 Å². The molecule has 5 heteroatoms. The average molecular weight is 415 g/mol. The van der Waals surface area contributed by atoms with E-state index < -0.39 is 11.4 Å². The van der Waals surface area contributed by atoms with Crippen LogP contribution in [0.5, 0.6) is 5.75 Å². The van der Waals surface area contributed by atoms with E-state index in [-0.39, 0.29) is 18.4 Å². The lowest BCUT2D eigenvalue weighted by Gasteiger charge is -2.39. The van der Waals surface area contributed by atoms with Gasteiger partial charge in [0, 0.05) is 13.0 Å². The van der Waals surface area contributed by atoms with Gasteiger partial charge in [-0.15, -0.1) is 0 Å². The molecule has 31 heavy (non-hydrogen) atoms. The molecule has 158 valence electrons. The van der Waals surface area contributed by atoms with E-state index in [1.165, 1.54) is 0 Å². The van der Waals surface area contributed by atoms with Crippen LogP contribution in [-0.2, 0) is 21.4 Å². The van der Waals surface area contributed by atoms with Crippen LogP contribution in [0, 0.1) is 0 Å². The second kappa shape index (κ2) is 8.64. The van der Waals surface area contributed by atoms with E-state index in [4.69, 9.17) is 9.84 Å². The van der Waals surface area contributed by atoms with Crippen LogP contribution in [0.25, 0.3) is 0 Å². The Hall–Kier alpha value is -3.60. The van der Waals surface area contributed by atoms with E-state index in [0.717, 1.165) is 28.7 Å². The number of likely N-dealkylation sites (N-methyl/N-ethyl adjacent to an activating group) is 1. The van der Waals surface area contributed by atoms with Crippen molar-refractivity contribution in [1.82, 2.24) is 5.32 Å². The highest BCUT2D eigenvalue weighted by Gasteiger charge is 2.51. The number of benzene rings is 3. The zero-order chi connectivity index (χ0) is 21.8. The minimum Gasteiger partial charge on any atom is -0.482 e. The third kappa shape index (κ3) is 3.56. The molecule has 0 fully saturated rings. The Bertz CT molecular complexity index is 1040. The Morgan fingerprint density at radius 3 is 2.13 bits per heavy atom. The molecule has 0 radical (unpaired) electrons. The number of hydrogen-bond acceptors (Lipinski definition) is 3. The second-order valence-electron chi connectivity index (χ2n) is 7.72. The predicted octanol–water partition coefficient (Wildman–Crippen LogP) is 3.91. The fraction of sp³-hybridized carbons (Fsp3) is 0.231. The van der Waals surface area contributed by atoms with Gasteiger partial charge < -0.3 is 15.2 Å². The van der Waals surface area contributed by atoms with Crippen LogP contribution in [0.4, 0.5) is 0 Å². The Morgan fingerprint density at radius 1 is 0.968 bits per heavy atom. The molecule has 0 bridgehead atoms. The van der Waals surface area contributed by atoms with Gasteiger partial charge in [0.25, 0.3) is 0 Å². The summed E-state index contributed by atoms with van der Waals surface area (Å²) in [5, 5.41) is 11.9. The summed E-state index contributed by atoms with van der Waals surface area (Å²) >= 11 is 0. The maximum Gasteiger partial charge on any atom is 0.341 e. The fourth-order valence-corrected chi connectivity index (χ4v) is 4.93. The van der Waals surface area contributed by atoms with Gasteiger partial charge in [-0.1, -0.05) is 72.8 Å². The van der Waals surface area contributed by atoms with Crippen LogP contribution in [0.3, 0.4) is 0 Å². The van der Waals surface area contributed by atoms with Crippen molar-refractivity contribution in [3.05, 3.63) is 101 Å². The summed E-state index contributed by atoms with van der Waals surface area (Å²) in [6, 6.07) is 25.5. The lowest BCUT2D eigenvalue weighted by molar-refractivity contribution is -0.139. The van der Waals surface area contributed by atoms with Crippen molar-refractivity contribution in [1.29, 1.82) is 0 Å². The zero-order valence-corrected chi connectivity index (χ0v) is 17.4. The highest BCUT2D eigenvalue weighted by molar-refractivity contribution is 5.93. The molecule has 3 aromatic rings. The van der Waals surface area contributed by atoms with E-state index in [2.05, 4.69) is 5.32 Å². The molecule has 3 aromatic carbocycles. The number of carbonyl (C=O) groups excluding carboxylic acids is 1. The molecule has 1 atom stereocenters. The lowest BCUT2D eigenvalue weighted by atomic mass is 9.63. The normalized spacial score (nSPS) is 15.2. The molecule has 1 amide bonds. The third-order valence-electron chi connectivity index (χ3n) is 6.15. The van der Waals surface area contributed by atoms with Gasteiger partial charge in [0.2, 0.25) is 5.91 Å². The van der Waals surface area contributed by atoms with Crippen LogP contribution in [0.15, 0.2) is 78.9 Å². The predicted molar refractivity (Wildman–Crippen MR) is 118 cm³/mol. The summed E-state index contributed by atoms with van der Waals surface area (Å²) in [6.07, 6.45) is 1.47. The molecule has 4 rings (SSSR count). The Kier molecular flexibility index (Phi) is 5.76. The number of amides is 1. The zero-order valence-electron chi connectivity index (χ0n) is 17.4. The van der Waals surface area contributed by atoms with Crippen LogP contribution < -0.4 is 10.1 Å². The quantitative estimate of drug-likeness (QED) is 0.613. The number of hydrogen-bond donors (Lipinski definition) is 2. The Labute approximate surface area is 181 Å². The van der Waals surface area contributed by atoms with Gasteiger partial charge in [-0.05, 0) is 41.2 Å².